The molecule has 0 atom stereocenters. The lowest BCUT2D eigenvalue weighted by atomic mass is 10.2. The topological polar surface area (TPSA) is 85.7 Å². The number of hydrazone groups is 1. The molecule has 0 aliphatic carbocycles. The van der Waals surface area contributed by atoms with Crippen LogP contribution in [0.2, 0.25) is 5.02 Å². The molecule has 0 saturated heterocycles. The summed E-state index contributed by atoms with van der Waals surface area (Å²) in [6.07, 6.45) is 1.45. The monoisotopic (exact) mass is 488 g/mol. The number of nitrogens with one attached hydrogen (secondary N) is 1. The molecule has 0 aliphatic heterocycles. The van der Waals surface area contributed by atoms with E-state index < -0.39 is 0 Å². The van der Waals surface area contributed by atoms with Gasteiger partial charge in [0.05, 0.1) is 24.1 Å². The predicted molar refractivity (Wildman–Crippen MR) is 127 cm³/mol. The quantitative estimate of drug-likeness (QED) is 0.203. The first-order chi connectivity index (χ1) is 15.8. The highest BCUT2D eigenvalue weighted by molar-refractivity contribution is 7.99. The molecule has 0 saturated carbocycles. The van der Waals surface area contributed by atoms with Crippen LogP contribution in [0.25, 0.3) is 0 Å². The van der Waals surface area contributed by atoms with E-state index in [0.29, 0.717) is 32.8 Å². The number of carbonyl (C=O) groups excluding carboxylic acids is 1. The van der Waals surface area contributed by atoms with Gasteiger partial charge in [-0.1, -0.05) is 35.5 Å². The van der Waals surface area contributed by atoms with E-state index in [1.807, 2.05) is 19.9 Å². The minimum absolute atomic E-state index is 0.122. The molecular weight excluding hydrogens is 467 g/mol. The molecule has 3 aromatic rings. The van der Waals surface area contributed by atoms with Crippen LogP contribution in [-0.2, 0) is 11.4 Å². The number of hydrogen-bond acceptors (Lipinski definition) is 7. The van der Waals surface area contributed by atoms with E-state index in [4.69, 9.17) is 21.1 Å². The second-order valence-corrected chi connectivity index (χ2v) is 8.32. The van der Waals surface area contributed by atoms with Gasteiger partial charge >= 0.3 is 0 Å². The first-order valence-corrected chi connectivity index (χ1v) is 11.2. The Labute approximate surface area is 200 Å². The Kier molecular flexibility index (Phi) is 8.62. The smallest absolute Gasteiger partial charge is 0.250 e. The second kappa shape index (κ2) is 11.6. The summed E-state index contributed by atoms with van der Waals surface area (Å²) in [5.41, 5.74) is 5.40. The molecule has 1 amide bonds. The van der Waals surface area contributed by atoms with E-state index in [2.05, 4.69) is 20.5 Å². The number of rotatable bonds is 9. The van der Waals surface area contributed by atoms with Crippen LogP contribution in [0.5, 0.6) is 11.5 Å². The van der Waals surface area contributed by atoms with E-state index in [0.717, 1.165) is 11.4 Å². The number of carbonyl (C=O) groups is 1. The number of nitrogens with zero attached hydrogens (tertiary/aromatic N) is 3. The molecule has 1 aromatic heterocycles. The maximum Gasteiger partial charge on any atom is 0.250 e. The summed E-state index contributed by atoms with van der Waals surface area (Å²) in [6, 6.07) is 11.3. The lowest BCUT2D eigenvalue weighted by Crippen LogP contribution is -2.19. The Bertz CT molecular complexity index is 1160. The Morgan fingerprint density at radius 3 is 2.67 bits per heavy atom. The second-order valence-electron chi connectivity index (χ2n) is 6.97. The van der Waals surface area contributed by atoms with Gasteiger partial charge in [-0.25, -0.2) is 19.8 Å². The van der Waals surface area contributed by atoms with Crippen molar-refractivity contribution in [3.63, 3.8) is 0 Å². The van der Waals surface area contributed by atoms with Crippen molar-refractivity contribution in [1.29, 1.82) is 0 Å². The van der Waals surface area contributed by atoms with Gasteiger partial charge in [0, 0.05) is 11.4 Å². The molecule has 0 bridgehead atoms. The van der Waals surface area contributed by atoms with Gasteiger partial charge in [0.2, 0.25) is 0 Å². The van der Waals surface area contributed by atoms with E-state index in [1.165, 1.54) is 37.2 Å². The summed E-state index contributed by atoms with van der Waals surface area (Å²) in [6.45, 7) is 3.87. The zero-order valence-electron chi connectivity index (χ0n) is 18.3. The summed E-state index contributed by atoms with van der Waals surface area (Å²) in [5, 5.41) is 4.79. The molecule has 0 radical (unpaired) electrons. The minimum atomic E-state index is -0.345. The maximum absolute atomic E-state index is 13.4. The van der Waals surface area contributed by atoms with Gasteiger partial charge in [-0.15, -0.1) is 0 Å². The van der Waals surface area contributed by atoms with Crippen molar-refractivity contribution in [2.45, 2.75) is 25.6 Å². The van der Waals surface area contributed by atoms with Gasteiger partial charge in [0.25, 0.3) is 5.91 Å². The van der Waals surface area contributed by atoms with Crippen molar-refractivity contribution in [2.24, 2.45) is 5.10 Å². The first kappa shape index (κ1) is 24.5. The molecule has 1 heterocycles. The van der Waals surface area contributed by atoms with Gasteiger partial charge in [-0.05, 0) is 55.3 Å². The summed E-state index contributed by atoms with van der Waals surface area (Å²) in [4.78, 5) is 20.6. The summed E-state index contributed by atoms with van der Waals surface area (Å²) < 4.78 is 24.5. The minimum Gasteiger partial charge on any atom is -0.493 e. The highest BCUT2D eigenvalue weighted by Crippen LogP contribution is 2.36. The third-order valence-electron chi connectivity index (χ3n) is 4.22. The number of ether oxygens (including phenoxy) is 2. The summed E-state index contributed by atoms with van der Waals surface area (Å²) in [5.74, 6) is 0.190. The highest BCUT2D eigenvalue weighted by atomic mass is 35.5. The maximum atomic E-state index is 13.4. The van der Waals surface area contributed by atoms with Crippen LogP contribution in [0.4, 0.5) is 4.39 Å². The van der Waals surface area contributed by atoms with Crippen LogP contribution >= 0.6 is 23.4 Å². The van der Waals surface area contributed by atoms with Crippen LogP contribution in [0.3, 0.4) is 0 Å². The average molecular weight is 489 g/mol. The third kappa shape index (κ3) is 7.44. The first-order valence-electron chi connectivity index (χ1n) is 9.86. The molecule has 7 nitrogen and oxygen atoms in total. The number of hydrogen-bond donors (Lipinski definition) is 1. The molecule has 2 aromatic carbocycles. The fourth-order valence-electron chi connectivity index (χ4n) is 2.84. The van der Waals surface area contributed by atoms with Gasteiger partial charge in [-0.2, -0.15) is 5.10 Å². The largest absolute Gasteiger partial charge is 0.493 e. The van der Waals surface area contributed by atoms with Gasteiger partial charge in [0.1, 0.15) is 12.4 Å². The predicted octanol–water partition coefficient (Wildman–Crippen LogP) is 4.72. The Hall–Kier alpha value is -3.17. The standard InChI is InChI=1S/C23H22ClFN4O3S/c1-14-7-15(2)28-23(27-14)33-13-21(30)29-26-11-17-9-19(24)22(20(10-17)31-3)32-12-16-5-4-6-18(25)8-16/h4-11H,12-13H2,1-3H3,(H,29,30)/b26-11-. The molecule has 33 heavy (non-hydrogen) atoms. The van der Waals surface area contributed by atoms with E-state index in [9.17, 15) is 9.18 Å². The highest BCUT2D eigenvalue weighted by Gasteiger charge is 2.12. The lowest BCUT2D eigenvalue weighted by Gasteiger charge is -2.13. The van der Waals surface area contributed by atoms with Crippen molar-refractivity contribution in [3.8, 4) is 11.5 Å². The fourth-order valence-corrected chi connectivity index (χ4v) is 3.85. The summed E-state index contributed by atoms with van der Waals surface area (Å²) >= 11 is 7.58. The number of benzene rings is 2. The number of aryl methyl sites for hydroxylation is 2. The molecule has 0 unspecified atom stereocenters. The Morgan fingerprint density at radius 2 is 1.97 bits per heavy atom. The zero-order valence-corrected chi connectivity index (χ0v) is 19.8. The molecule has 3 rings (SSSR count). The van der Waals surface area contributed by atoms with Crippen LogP contribution < -0.4 is 14.9 Å². The van der Waals surface area contributed by atoms with Crippen molar-refractivity contribution in [3.05, 3.63) is 75.8 Å². The molecule has 0 aliphatic rings. The van der Waals surface area contributed by atoms with Crippen LogP contribution in [0.1, 0.15) is 22.5 Å². The molecule has 172 valence electrons. The van der Waals surface area contributed by atoms with E-state index in [1.54, 1.807) is 24.3 Å². The number of methoxy groups -OCH3 is 1. The van der Waals surface area contributed by atoms with Crippen LogP contribution in [0, 0.1) is 19.7 Å². The fraction of sp³-hybridized carbons (Fsp3) is 0.217. The Balaban J connectivity index is 1.58. The van der Waals surface area contributed by atoms with Crippen molar-refractivity contribution in [2.75, 3.05) is 12.9 Å². The van der Waals surface area contributed by atoms with Crippen molar-refractivity contribution < 1.29 is 18.7 Å². The third-order valence-corrected chi connectivity index (χ3v) is 5.35. The average Bonchev–Trinajstić information content (AvgIpc) is 2.76. The van der Waals surface area contributed by atoms with Gasteiger partial charge in [-0.3, -0.25) is 4.79 Å². The number of amides is 1. The summed E-state index contributed by atoms with van der Waals surface area (Å²) in [7, 11) is 1.48. The van der Waals surface area contributed by atoms with Crippen molar-refractivity contribution >= 4 is 35.5 Å². The SMILES string of the molecule is COc1cc(/C=N\NC(=O)CSc2nc(C)cc(C)n2)cc(Cl)c1OCc1cccc(F)c1. The molecule has 1 N–H and O–H groups in total. The lowest BCUT2D eigenvalue weighted by molar-refractivity contribution is -0.118. The van der Waals surface area contributed by atoms with Crippen LogP contribution in [0.15, 0.2) is 52.7 Å². The molecular formula is C23H22ClFN4O3S. The number of halogens is 2. The normalized spacial score (nSPS) is 10.9. The van der Waals surface area contributed by atoms with Gasteiger partial charge < -0.3 is 9.47 Å². The molecule has 0 spiro atoms. The van der Waals surface area contributed by atoms with E-state index in [-0.39, 0.29) is 24.1 Å². The zero-order chi connectivity index (χ0) is 23.8. The number of aromatic nitrogens is 2. The van der Waals surface area contributed by atoms with E-state index >= 15 is 0 Å². The Morgan fingerprint density at radius 1 is 1.21 bits per heavy atom. The number of thioether (sulfide) groups is 1. The van der Waals surface area contributed by atoms with Crippen LogP contribution in [-0.4, -0.2) is 35.0 Å². The van der Waals surface area contributed by atoms with Gasteiger partial charge in [0.15, 0.2) is 16.7 Å². The molecule has 10 heteroatoms. The van der Waals surface area contributed by atoms with Crippen molar-refractivity contribution in [1.82, 2.24) is 15.4 Å². The molecule has 0 fully saturated rings.